The molecule has 1 amide bonds. The van der Waals surface area contributed by atoms with Gasteiger partial charge < -0.3 is 9.64 Å². The number of thiocarbonyl (C=S) groups is 1. The number of halogens is 6. The van der Waals surface area contributed by atoms with E-state index in [9.17, 15) is 31.1 Å². The van der Waals surface area contributed by atoms with Crippen molar-refractivity contribution >= 4 is 23.1 Å². The van der Waals surface area contributed by atoms with Crippen molar-refractivity contribution in [2.24, 2.45) is 0 Å². The first-order valence-electron chi connectivity index (χ1n) is 6.66. The first-order valence-corrected chi connectivity index (χ1v) is 7.07. The van der Waals surface area contributed by atoms with Crippen molar-refractivity contribution in [1.29, 1.82) is 0 Å². The summed E-state index contributed by atoms with van der Waals surface area (Å²) in [4.78, 5) is 12.5. The minimum atomic E-state index is -5.32. The molecule has 1 aliphatic rings. The van der Waals surface area contributed by atoms with Gasteiger partial charge in [-0.15, -0.1) is 13.2 Å². The minimum absolute atomic E-state index is 0.138. The summed E-state index contributed by atoms with van der Waals surface area (Å²) in [7, 11) is 0. The number of likely N-dealkylation sites (tertiary alicyclic amines) is 1. The third-order valence-electron chi connectivity index (χ3n) is 3.45. The Balaban J connectivity index is 2.35. The molecule has 1 fully saturated rings. The van der Waals surface area contributed by atoms with Gasteiger partial charge in [0, 0.05) is 12.1 Å². The van der Waals surface area contributed by atoms with Crippen LogP contribution in [0.3, 0.4) is 0 Å². The number of nitrogens with zero attached hydrogens (tertiary/aromatic N) is 1. The lowest BCUT2D eigenvalue weighted by Gasteiger charge is -2.41. The highest BCUT2D eigenvalue weighted by Crippen LogP contribution is 2.39. The molecular weight excluding hydrogens is 378 g/mol. The van der Waals surface area contributed by atoms with E-state index in [0.717, 1.165) is 6.07 Å². The van der Waals surface area contributed by atoms with Crippen LogP contribution in [0, 0.1) is 0 Å². The molecule has 0 radical (unpaired) electrons. The highest BCUT2D eigenvalue weighted by atomic mass is 32.1. The van der Waals surface area contributed by atoms with Gasteiger partial charge >= 0.3 is 12.5 Å². The predicted molar refractivity (Wildman–Crippen MR) is 74.9 cm³/mol. The Labute approximate surface area is 142 Å². The van der Waals surface area contributed by atoms with E-state index in [0.29, 0.717) is 18.6 Å². The Hall–Kier alpha value is -2.08. The Bertz CT molecular complexity index is 691. The molecule has 1 unspecified atom stereocenters. The Morgan fingerprint density at radius 1 is 1.28 bits per heavy atom. The van der Waals surface area contributed by atoms with Gasteiger partial charge in [-0.3, -0.25) is 10.0 Å². The van der Waals surface area contributed by atoms with Crippen LogP contribution in [0.1, 0.15) is 17.5 Å². The zero-order chi connectivity index (χ0) is 19.0. The highest BCUT2D eigenvalue weighted by molar-refractivity contribution is 7.80. The lowest BCUT2D eigenvalue weighted by molar-refractivity contribution is -0.276. The first-order chi connectivity index (χ1) is 11.4. The van der Waals surface area contributed by atoms with Gasteiger partial charge in [0.05, 0.1) is 5.56 Å². The van der Waals surface area contributed by atoms with Crippen molar-refractivity contribution in [2.75, 3.05) is 6.54 Å². The number of alkyl halides is 6. The van der Waals surface area contributed by atoms with E-state index >= 15 is 0 Å². The number of benzene rings is 1. The molecule has 2 rings (SSSR count). The van der Waals surface area contributed by atoms with Crippen molar-refractivity contribution in [3.63, 3.8) is 0 Å². The molecule has 1 saturated heterocycles. The molecule has 25 heavy (non-hydrogen) atoms. The predicted octanol–water partition coefficient (Wildman–Crippen LogP) is 2.86. The molecular formula is C13H10F6N2O3S. The van der Waals surface area contributed by atoms with Crippen LogP contribution in [0.4, 0.5) is 26.3 Å². The minimum Gasteiger partial charge on any atom is -0.405 e. The number of nitrogens with one attached hydrogen (secondary N) is 1. The van der Waals surface area contributed by atoms with Crippen molar-refractivity contribution < 1.29 is 41.1 Å². The molecule has 0 spiro atoms. The number of ether oxygens (including phenoxy) is 1. The molecule has 0 aliphatic carbocycles. The number of carbonyl (C=O) groups excluding carboxylic acids is 1. The van der Waals surface area contributed by atoms with Gasteiger partial charge in [-0.05, 0) is 18.6 Å². The first kappa shape index (κ1) is 19.2. The van der Waals surface area contributed by atoms with Crippen molar-refractivity contribution in [3.05, 3.63) is 29.3 Å². The molecule has 1 heterocycles. The largest absolute Gasteiger partial charge is 0.573 e. The number of rotatable bonds is 3. The number of hydroxylamine groups is 1. The SMILES string of the molecule is O=C(NO)C1CCN1C(=S)c1ccc(C(F)(F)F)c(OC(F)(F)F)c1. The van der Waals surface area contributed by atoms with Gasteiger partial charge in [0.2, 0.25) is 0 Å². The van der Waals surface area contributed by atoms with E-state index in [1.807, 2.05) is 0 Å². The zero-order valence-corrected chi connectivity index (χ0v) is 12.9. The quantitative estimate of drug-likeness (QED) is 0.361. The second-order valence-electron chi connectivity index (χ2n) is 5.04. The topological polar surface area (TPSA) is 61.8 Å². The van der Waals surface area contributed by atoms with E-state index in [-0.39, 0.29) is 17.1 Å². The van der Waals surface area contributed by atoms with E-state index in [1.54, 1.807) is 0 Å². The van der Waals surface area contributed by atoms with Gasteiger partial charge in [0.25, 0.3) is 5.91 Å². The molecule has 12 heteroatoms. The number of carbonyl (C=O) groups is 1. The van der Waals surface area contributed by atoms with Crippen LogP contribution in [0.15, 0.2) is 18.2 Å². The maximum absolute atomic E-state index is 12.8. The smallest absolute Gasteiger partial charge is 0.405 e. The molecule has 1 aromatic rings. The summed E-state index contributed by atoms with van der Waals surface area (Å²) in [5.74, 6) is -2.23. The number of amides is 1. The van der Waals surface area contributed by atoms with Gasteiger partial charge in [-0.1, -0.05) is 18.3 Å². The number of hydrogen-bond acceptors (Lipinski definition) is 4. The lowest BCUT2D eigenvalue weighted by atomic mass is 10.0. The summed E-state index contributed by atoms with van der Waals surface area (Å²) in [6, 6.07) is 0.974. The maximum Gasteiger partial charge on any atom is 0.573 e. The average molecular weight is 388 g/mol. The van der Waals surface area contributed by atoms with Crippen LogP contribution in [0.2, 0.25) is 0 Å². The standard InChI is InChI=1S/C13H10F6N2O3S/c14-12(15,16)7-2-1-6(5-9(7)24-13(17,18)19)11(25)21-4-3-8(21)10(22)20-23/h1-2,5,8,23H,3-4H2,(H,20,22). The fraction of sp³-hybridized carbons (Fsp3) is 0.385. The van der Waals surface area contributed by atoms with Gasteiger partial charge in [-0.25, -0.2) is 5.48 Å². The zero-order valence-electron chi connectivity index (χ0n) is 12.1. The second kappa shape index (κ2) is 6.67. The van der Waals surface area contributed by atoms with Crippen molar-refractivity contribution in [2.45, 2.75) is 25.0 Å². The van der Waals surface area contributed by atoms with E-state index in [4.69, 9.17) is 17.4 Å². The van der Waals surface area contributed by atoms with Gasteiger partial charge in [0.1, 0.15) is 16.8 Å². The summed E-state index contributed by atoms with van der Waals surface area (Å²) in [6.07, 6.45) is -10.1. The molecule has 1 aliphatic heterocycles. The summed E-state index contributed by atoms with van der Waals surface area (Å²) in [6.45, 7) is 0.257. The molecule has 0 bridgehead atoms. The molecule has 0 aromatic heterocycles. The molecule has 138 valence electrons. The van der Waals surface area contributed by atoms with Crippen LogP contribution in [-0.2, 0) is 11.0 Å². The summed E-state index contributed by atoms with van der Waals surface area (Å²) < 4.78 is 79.1. The molecule has 1 atom stereocenters. The fourth-order valence-corrected chi connectivity index (χ4v) is 2.59. The second-order valence-corrected chi connectivity index (χ2v) is 5.42. The van der Waals surface area contributed by atoms with Crippen LogP contribution >= 0.6 is 12.2 Å². The van der Waals surface area contributed by atoms with Crippen LogP contribution in [0.25, 0.3) is 0 Å². The lowest BCUT2D eigenvalue weighted by Crippen LogP contribution is -2.57. The molecule has 5 nitrogen and oxygen atoms in total. The Kier molecular flexibility index (Phi) is 5.14. The fourth-order valence-electron chi connectivity index (χ4n) is 2.24. The van der Waals surface area contributed by atoms with E-state index in [1.165, 1.54) is 10.4 Å². The van der Waals surface area contributed by atoms with Crippen LogP contribution in [0.5, 0.6) is 5.75 Å². The van der Waals surface area contributed by atoms with Crippen molar-refractivity contribution in [1.82, 2.24) is 10.4 Å². The molecule has 2 N–H and O–H groups in total. The molecule has 0 saturated carbocycles. The van der Waals surface area contributed by atoms with Crippen molar-refractivity contribution in [3.8, 4) is 5.75 Å². The summed E-state index contributed by atoms with van der Waals surface area (Å²) >= 11 is 5.02. The number of hydrogen-bond donors (Lipinski definition) is 2. The highest BCUT2D eigenvalue weighted by Gasteiger charge is 2.41. The van der Waals surface area contributed by atoms with Crippen LogP contribution in [-0.4, -0.2) is 40.0 Å². The third-order valence-corrected chi connectivity index (χ3v) is 3.92. The summed E-state index contributed by atoms with van der Waals surface area (Å²) in [5.41, 5.74) is -0.349. The van der Waals surface area contributed by atoms with Gasteiger partial charge in [0.15, 0.2) is 0 Å². The molecule has 1 aromatic carbocycles. The Morgan fingerprint density at radius 2 is 1.92 bits per heavy atom. The Morgan fingerprint density at radius 3 is 2.36 bits per heavy atom. The van der Waals surface area contributed by atoms with Crippen LogP contribution < -0.4 is 10.2 Å². The monoisotopic (exact) mass is 388 g/mol. The van der Waals surface area contributed by atoms with Gasteiger partial charge in [-0.2, -0.15) is 13.2 Å². The summed E-state index contributed by atoms with van der Waals surface area (Å²) in [5, 5.41) is 8.60. The third kappa shape index (κ3) is 4.31. The van der Waals surface area contributed by atoms with E-state index < -0.39 is 35.8 Å². The normalized spacial score (nSPS) is 17.7. The maximum atomic E-state index is 12.8. The average Bonchev–Trinajstić information content (AvgIpc) is 2.42. The van der Waals surface area contributed by atoms with E-state index in [2.05, 4.69) is 4.74 Å².